The van der Waals surface area contributed by atoms with Gasteiger partial charge in [-0.1, -0.05) is 44.1 Å². The van der Waals surface area contributed by atoms with Crippen molar-refractivity contribution in [2.45, 2.75) is 32.2 Å². The summed E-state index contributed by atoms with van der Waals surface area (Å²) in [4.78, 5) is 33.9. The van der Waals surface area contributed by atoms with Crippen molar-refractivity contribution >= 4 is 11.9 Å². The minimum atomic E-state index is -1.13. The van der Waals surface area contributed by atoms with Crippen LogP contribution in [0.2, 0.25) is 0 Å². The van der Waals surface area contributed by atoms with Gasteiger partial charge in [-0.05, 0) is 18.6 Å². The van der Waals surface area contributed by atoms with E-state index in [2.05, 4.69) is 23.0 Å². The molecule has 1 amide bonds. The number of carboxylic acid groups (broad SMARTS) is 1. The normalized spacial score (nSPS) is 16.0. The summed E-state index contributed by atoms with van der Waals surface area (Å²) >= 11 is 0. The highest BCUT2D eigenvalue weighted by atomic mass is 16.4. The topological polar surface area (TPSA) is 83.4 Å². The Morgan fingerprint density at radius 1 is 1.31 bits per heavy atom. The van der Waals surface area contributed by atoms with Crippen LogP contribution in [-0.2, 0) is 0 Å². The van der Waals surface area contributed by atoms with Gasteiger partial charge in [0.25, 0.3) is 5.91 Å². The largest absolute Gasteiger partial charge is 0.476 e. The molecule has 2 heterocycles. The summed E-state index contributed by atoms with van der Waals surface area (Å²) in [7, 11) is 0. The van der Waals surface area contributed by atoms with Crippen molar-refractivity contribution in [1.29, 1.82) is 0 Å². The Morgan fingerprint density at radius 2 is 2.15 bits per heavy atom. The number of carbonyl (C=O) groups excluding carboxylic acids is 1. The molecule has 1 unspecified atom stereocenters. The van der Waals surface area contributed by atoms with E-state index in [-0.39, 0.29) is 17.6 Å². The van der Waals surface area contributed by atoms with Crippen molar-refractivity contribution in [1.82, 2.24) is 14.9 Å². The third-order valence-electron chi connectivity index (χ3n) is 4.43. The van der Waals surface area contributed by atoms with E-state index < -0.39 is 5.97 Å². The molecule has 0 radical (unpaired) electrons. The molecule has 0 saturated carbocycles. The number of carbonyl (C=O) groups is 2. The summed E-state index contributed by atoms with van der Waals surface area (Å²) < 4.78 is 0. The number of aromatic carboxylic acids is 1. The number of aromatic nitrogens is 2. The Hall–Kier alpha value is -3.02. The molecule has 1 aromatic carbocycles. The molecule has 0 bridgehead atoms. The van der Waals surface area contributed by atoms with Crippen LogP contribution in [0, 0.1) is 0 Å². The number of unbranched alkanes of at least 4 members (excludes halogenated alkanes) is 1. The zero-order valence-corrected chi connectivity index (χ0v) is 14.6. The standard InChI is InChI=1S/C20H21N3O3/c1-2-3-8-16-9-5-10-23(16)19(24)15-7-4-6-14(11-15)17-12-21-13-18(22-17)20(25)26/h4-7,9,11-13,16H,2-3,8,10H2,1H3,(H,25,26). The zero-order chi connectivity index (χ0) is 18.5. The number of rotatable bonds is 6. The van der Waals surface area contributed by atoms with Gasteiger partial charge in [0.15, 0.2) is 5.69 Å². The van der Waals surface area contributed by atoms with Gasteiger partial charge in [0.1, 0.15) is 0 Å². The second-order valence-corrected chi connectivity index (χ2v) is 6.27. The van der Waals surface area contributed by atoms with Crippen molar-refractivity contribution < 1.29 is 14.7 Å². The maximum atomic E-state index is 12.9. The first-order valence-electron chi connectivity index (χ1n) is 8.73. The molecule has 1 atom stereocenters. The molecule has 2 aromatic rings. The predicted octanol–water partition coefficient (Wildman–Crippen LogP) is 3.41. The maximum absolute atomic E-state index is 12.9. The average Bonchev–Trinajstić information content (AvgIpc) is 3.14. The molecule has 6 nitrogen and oxygen atoms in total. The SMILES string of the molecule is CCCCC1C=CCN1C(=O)c1cccc(-c2cncc(C(=O)O)n2)c1. The van der Waals surface area contributed by atoms with Crippen LogP contribution in [0.3, 0.4) is 0 Å². The number of hydrogen-bond donors (Lipinski definition) is 1. The molecule has 1 N–H and O–H groups in total. The molecule has 0 saturated heterocycles. The lowest BCUT2D eigenvalue weighted by atomic mass is 10.1. The zero-order valence-electron chi connectivity index (χ0n) is 14.6. The first kappa shape index (κ1) is 17.8. The van der Waals surface area contributed by atoms with E-state index in [0.717, 1.165) is 19.3 Å². The highest BCUT2D eigenvalue weighted by molar-refractivity contribution is 5.96. The highest BCUT2D eigenvalue weighted by Gasteiger charge is 2.25. The fourth-order valence-electron chi connectivity index (χ4n) is 3.06. The summed E-state index contributed by atoms with van der Waals surface area (Å²) in [5, 5.41) is 9.07. The number of hydrogen-bond acceptors (Lipinski definition) is 4. The molecule has 0 spiro atoms. The summed E-state index contributed by atoms with van der Waals surface area (Å²) in [6.45, 7) is 2.76. The quantitative estimate of drug-likeness (QED) is 0.806. The van der Waals surface area contributed by atoms with Gasteiger partial charge in [-0.2, -0.15) is 0 Å². The lowest BCUT2D eigenvalue weighted by Gasteiger charge is -2.25. The first-order valence-corrected chi connectivity index (χ1v) is 8.73. The Kier molecular flexibility index (Phi) is 5.41. The molecule has 134 valence electrons. The van der Waals surface area contributed by atoms with E-state index in [1.165, 1.54) is 12.4 Å². The molecule has 6 heteroatoms. The Balaban J connectivity index is 1.84. The van der Waals surface area contributed by atoms with E-state index in [1.54, 1.807) is 24.3 Å². The molecule has 3 rings (SSSR count). The van der Waals surface area contributed by atoms with Gasteiger partial charge in [-0.3, -0.25) is 9.78 Å². The smallest absolute Gasteiger partial charge is 0.356 e. The van der Waals surface area contributed by atoms with Crippen LogP contribution in [0.4, 0.5) is 0 Å². The van der Waals surface area contributed by atoms with Crippen molar-refractivity contribution in [2.75, 3.05) is 6.54 Å². The molecule has 26 heavy (non-hydrogen) atoms. The van der Waals surface area contributed by atoms with Crippen LogP contribution in [0.25, 0.3) is 11.3 Å². The van der Waals surface area contributed by atoms with Gasteiger partial charge in [0.05, 0.1) is 24.1 Å². The van der Waals surface area contributed by atoms with E-state index in [0.29, 0.717) is 23.4 Å². The van der Waals surface area contributed by atoms with Crippen molar-refractivity contribution in [3.8, 4) is 11.3 Å². The van der Waals surface area contributed by atoms with Gasteiger partial charge >= 0.3 is 5.97 Å². The second-order valence-electron chi connectivity index (χ2n) is 6.27. The van der Waals surface area contributed by atoms with E-state index in [9.17, 15) is 9.59 Å². The van der Waals surface area contributed by atoms with Gasteiger partial charge in [0, 0.05) is 17.7 Å². The Bertz CT molecular complexity index is 848. The summed E-state index contributed by atoms with van der Waals surface area (Å²) in [6.07, 6.45) is 9.97. The number of carboxylic acids is 1. The maximum Gasteiger partial charge on any atom is 0.356 e. The number of nitrogens with zero attached hydrogens (tertiary/aromatic N) is 3. The van der Waals surface area contributed by atoms with Crippen molar-refractivity contribution in [2.24, 2.45) is 0 Å². The summed E-state index contributed by atoms with van der Waals surface area (Å²) in [5.41, 5.74) is 1.54. The summed E-state index contributed by atoms with van der Waals surface area (Å²) in [5.74, 6) is -1.16. The Morgan fingerprint density at radius 3 is 2.92 bits per heavy atom. The molecule has 0 aliphatic carbocycles. The summed E-state index contributed by atoms with van der Waals surface area (Å²) in [6, 6.07) is 7.23. The minimum Gasteiger partial charge on any atom is -0.476 e. The number of benzene rings is 1. The van der Waals surface area contributed by atoms with Crippen LogP contribution in [0.15, 0.2) is 48.8 Å². The second kappa shape index (κ2) is 7.91. The van der Waals surface area contributed by atoms with Crippen molar-refractivity contribution in [3.63, 3.8) is 0 Å². The Labute approximate surface area is 152 Å². The van der Waals surface area contributed by atoms with Gasteiger partial charge in [0.2, 0.25) is 0 Å². The minimum absolute atomic E-state index is 0.0275. The molecule has 1 aromatic heterocycles. The fraction of sp³-hybridized carbons (Fsp3) is 0.300. The van der Waals surface area contributed by atoms with E-state index in [4.69, 9.17) is 5.11 Å². The lowest BCUT2D eigenvalue weighted by molar-refractivity contribution is 0.0688. The third-order valence-corrected chi connectivity index (χ3v) is 4.43. The van der Waals surface area contributed by atoms with Gasteiger partial charge in [-0.25, -0.2) is 9.78 Å². The lowest BCUT2D eigenvalue weighted by Crippen LogP contribution is -2.36. The molecule has 1 aliphatic rings. The van der Waals surface area contributed by atoms with Crippen LogP contribution in [0.1, 0.15) is 47.0 Å². The van der Waals surface area contributed by atoms with Crippen molar-refractivity contribution in [3.05, 3.63) is 60.1 Å². The van der Waals surface area contributed by atoms with Crippen LogP contribution < -0.4 is 0 Å². The number of amides is 1. The molecular formula is C20H21N3O3. The average molecular weight is 351 g/mol. The molecule has 1 aliphatic heterocycles. The van der Waals surface area contributed by atoms with E-state index in [1.807, 2.05) is 11.0 Å². The molecule has 0 fully saturated rings. The van der Waals surface area contributed by atoms with Crippen LogP contribution in [0.5, 0.6) is 0 Å². The third kappa shape index (κ3) is 3.79. The van der Waals surface area contributed by atoms with Crippen LogP contribution >= 0.6 is 0 Å². The monoisotopic (exact) mass is 351 g/mol. The van der Waals surface area contributed by atoms with Gasteiger partial charge < -0.3 is 10.0 Å². The van der Waals surface area contributed by atoms with E-state index >= 15 is 0 Å². The highest BCUT2D eigenvalue weighted by Crippen LogP contribution is 2.22. The fourth-order valence-corrected chi connectivity index (χ4v) is 3.06. The van der Waals surface area contributed by atoms with Gasteiger partial charge in [-0.15, -0.1) is 0 Å². The first-order chi connectivity index (χ1) is 12.6. The van der Waals surface area contributed by atoms with Crippen LogP contribution in [-0.4, -0.2) is 44.4 Å². The predicted molar refractivity (Wildman–Crippen MR) is 97.9 cm³/mol. The molecular weight excluding hydrogens is 330 g/mol.